The molecule has 0 saturated carbocycles. The number of nitrogens with one attached hydrogen (secondary N) is 1. The average molecular weight is 409 g/mol. The van der Waals surface area contributed by atoms with Crippen LogP contribution in [0.5, 0.6) is 0 Å². The summed E-state index contributed by atoms with van der Waals surface area (Å²) < 4.78 is 1.19. The summed E-state index contributed by atoms with van der Waals surface area (Å²) in [7, 11) is 0. The first-order valence-electron chi connectivity index (χ1n) is 6.75. The van der Waals surface area contributed by atoms with Crippen LogP contribution in [0.1, 0.15) is 37.0 Å². The number of halogens is 1. The van der Waals surface area contributed by atoms with Crippen LogP contribution in [-0.4, -0.2) is 33.8 Å². The highest BCUT2D eigenvalue weighted by Gasteiger charge is 2.21. The van der Waals surface area contributed by atoms with Crippen LogP contribution in [0.2, 0.25) is 0 Å². The van der Waals surface area contributed by atoms with Gasteiger partial charge in [0.1, 0.15) is 11.6 Å². The Morgan fingerprint density at radius 1 is 1.32 bits per heavy atom. The number of aryl methyl sites for hydroxylation is 1. The van der Waals surface area contributed by atoms with Gasteiger partial charge in [0.25, 0.3) is 0 Å². The first-order chi connectivity index (χ1) is 9.26. The van der Waals surface area contributed by atoms with Gasteiger partial charge in [-0.15, -0.1) is 11.8 Å². The number of aromatic nitrogens is 2. The molecule has 1 aliphatic heterocycles. The number of hydrogen-bond donors (Lipinski definition) is 1. The fourth-order valence-corrected chi connectivity index (χ4v) is 5.30. The van der Waals surface area contributed by atoms with Crippen molar-refractivity contribution in [2.24, 2.45) is 0 Å². The lowest BCUT2D eigenvalue weighted by Gasteiger charge is -2.21. The van der Waals surface area contributed by atoms with Gasteiger partial charge in [-0.1, -0.05) is 13.8 Å². The second-order valence-corrected chi connectivity index (χ2v) is 7.94. The van der Waals surface area contributed by atoms with Crippen LogP contribution in [0.15, 0.2) is 0 Å². The van der Waals surface area contributed by atoms with E-state index in [4.69, 9.17) is 9.97 Å². The Balaban J connectivity index is 2.26. The molecule has 0 aliphatic carbocycles. The minimum atomic E-state index is 0.461. The molecule has 1 atom stereocenters. The van der Waals surface area contributed by atoms with E-state index in [1.54, 1.807) is 0 Å². The van der Waals surface area contributed by atoms with Crippen molar-refractivity contribution in [3.8, 4) is 0 Å². The van der Waals surface area contributed by atoms with Gasteiger partial charge in [-0.05, 0) is 35.4 Å². The van der Waals surface area contributed by atoms with Crippen molar-refractivity contribution < 1.29 is 0 Å². The summed E-state index contributed by atoms with van der Waals surface area (Å²) in [5, 5.41) is 3.90. The quantitative estimate of drug-likeness (QED) is 0.745. The van der Waals surface area contributed by atoms with Crippen LogP contribution in [0, 0.1) is 3.57 Å². The highest BCUT2D eigenvalue weighted by molar-refractivity contribution is 14.1. The summed E-state index contributed by atoms with van der Waals surface area (Å²) in [6, 6.07) is 0. The third-order valence-corrected chi connectivity index (χ3v) is 6.80. The summed E-state index contributed by atoms with van der Waals surface area (Å²) >= 11 is 6.38. The van der Waals surface area contributed by atoms with Crippen molar-refractivity contribution in [2.45, 2.75) is 31.9 Å². The summed E-state index contributed by atoms with van der Waals surface area (Å²) in [5.41, 5.74) is 1.18. The topological polar surface area (TPSA) is 37.8 Å². The van der Waals surface area contributed by atoms with Gasteiger partial charge < -0.3 is 5.32 Å². The molecule has 19 heavy (non-hydrogen) atoms. The summed E-state index contributed by atoms with van der Waals surface area (Å²) in [6.07, 6.45) is 2.09. The van der Waals surface area contributed by atoms with E-state index in [0.717, 1.165) is 36.8 Å². The molecule has 3 nitrogen and oxygen atoms in total. The number of anilines is 1. The molecule has 1 saturated heterocycles. The summed E-state index contributed by atoms with van der Waals surface area (Å²) in [5.74, 6) is 5.66. The largest absolute Gasteiger partial charge is 0.369 e. The van der Waals surface area contributed by atoms with Gasteiger partial charge in [-0.3, -0.25) is 0 Å². The minimum Gasteiger partial charge on any atom is -0.369 e. The Morgan fingerprint density at radius 2 is 2.16 bits per heavy atom. The number of thioether (sulfide) groups is 2. The summed E-state index contributed by atoms with van der Waals surface area (Å²) in [4.78, 5) is 9.57. The van der Waals surface area contributed by atoms with Crippen LogP contribution >= 0.6 is 46.1 Å². The van der Waals surface area contributed by atoms with Crippen LogP contribution < -0.4 is 5.32 Å². The summed E-state index contributed by atoms with van der Waals surface area (Å²) in [6.45, 7) is 5.32. The molecule has 1 unspecified atom stereocenters. The normalized spacial score (nSPS) is 19.4. The zero-order chi connectivity index (χ0) is 13.7. The second-order valence-electron chi connectivity index (χ2n) is 4.41. The molecule has 2 heterocycles. The van der Waals surface area contributed by atoms with Crippen LogP contribution in [0.25, 0.3) is 0 Å². The third-order valence-electron chi connectivity index (χ3n) is 2.92. The Labute approximate surface area is 137 Å². The van der Waals surface area contributed by atoms with Gasteiger partial charge in [0.15, 0.2) is 0 Å². The predicted molar refractivity (Wildman–Crippen MR) is 95.4 cm³/mol. The monoisotopic (exact) mass is 409 g/mol. The van der Waals surface area contributed by atoms with E-state index in [9.17, 15) is 0 Å². The Kier molecular flexibility index (Phi) is 6.55. The van der Waals surface area contributed by atoms with E-state index >= 15 is 0 Å². The highest BCUT2D eigenvalue weighted by atomic mass is 127. The fraction of sp³-hybridized carbons (Fsp3) is 0.692. The van der Waals surface area contributed by atoms with Gasteiger partial charge >= 0.3 is 0 Å². The van der Waals surface area contributed by atoms with E-state index < -0.39 is 0 Å². The molecule has 2 rings (SSSR count). The maximum absolute atomic E-state index is 4.79. The van der Waals surface area contributed by atoms with Gasteiger partial charge in [0.05, 0.1) is 14.5 Å². The zero-order valence-electron chi connectivity index (χ0n) is 11.4. The lowest BCUT2D eigenvalue weighted by Crippen LogP contribution is -2.15. The maximum atomic E-state index is 4.79. The third kappa shape index (κ3) is 4.14. The molecular formula is C13H20IN3S2. The molecule has 1 aromatic rings. The average Bonchev–Trinajstić information content (AvgIpc) is 2.47. The first kappa shape index (κ1) is 15.7. The maximum Gasteiger partial charge on any atom is 0.144 e. The fourth-order valence-electron chi connectivity index (χ4n) is 1.89. The number of rotatable bonds is 5. The minimum absolute atomic E-state index is 0.461. The Hall–Kier alpha value is 0.310. The van der Waals surface area contributed by atoms with E-state index in [2.05, 4.69) is 41.8 Å². The lowest BCUT2D eigenvalue weighted by molar-refractivity contribution is 0.861. The van der Waals surface area contributed by atoms with E-state index in [1.165, 1.54) is 20.8 Å². The van der Waals surface area contributed by atoms with Gasteiger partial charge in [-0.2, -0.15) is 11.8 Å². The number of nitrogens with zero attached hydrogens (tertiary/aromatic N) is 2. The molecule has 0 aromatic carbocycles. The molecule has 1 fully saturated rings. The van der Waals surface area contributed by atoms with Crippen LogP contribution in [0.3, 0.4) is 0 Å². The molecule has 1 aromatic heterocycles. The van der Waals surface area contributed by atoms with Crippen molar-refractivity contribution in [1.82, 2.24) is 9.97 Å². The molecule has 1 aliphatic rings. The highest BCUT2D eigenvalue weighted by Crippen LogP contribution is 2.36. The molecule has 0 amide bonds. The number of hydrogen-bond acceptors (Lipinski definition) is 5. The van der Waals surface area contributed by atoms with E-state index in [1.807, 2.05) is 23.5 Å². The molecule has 106 valence electrons. The van der Waals surface area contributed by atoms with Crippen molar-refractivity contribution in [2.75, 3.05) is 29.1 Å². The van der Waals surface area contributed by atoms with E-state index in [-0.39, 0.29) is 0 Å². The molecular weight excluding hydrogens is 389 g/mol. The molecule has 6 heteroatoms. The van der Waals surface area contributed by atoms with Crippen molar-refractivity contribution in [3.05, 3.63) is 15.1 Å². The Morgan fingerprint density at radius 3 is 2.79 bits per heavy atom. The van der Waals surface area contributed by atoms with Crippen LogP contribution in [-0.2, 0) is 6.42 Å². The van der Waals surface area contributed by atoms with Crippen molar-refractivity contribution in [1.29, 1.82) is 0 Å². The second kappa shape index (κ2) is 7.93. The first-order valence-corrected chi connectivity index (χ1v) is 10.0. The van der Waals surface area contributed by atoms with Crippen molar-refractivity contribution in [3.63, 3.8) is 0 Å². The van der Waals surface area contributed by atoms with Gasteiger partial charge in [0.2, 0.25) is 0 Å². The van der Waals surface area contributed by atoms with E-state index in [0.29, 0.717) is 5.25 Å². The molecule has 1 N–H and O–H groups in total. The lowest BCUT2D eigenvalue weighted by atomic mass is 10.3. The van der Waals surface area contributed by atoms with Crippen LogP contribution in [0.4, 0.5) is 5.82 Å². The van der Waals surface area contributed by atoms with Gasteiger partial charge in [0, 0.05) is 23.8 Å². The molecule has 0 radical (unpaired) electrons. The Bertz CT molecular complexity index is 423. The molecule has 0 spiro atoms. The smallest absolute Gasteiger partial charge is 0.144 e. The zero-order valence-corrected chi connectivity index (χ0v) is 15.2. The molecule has 0 bridgehead atoms. The predicted octanol–water partition coefficient (Wildman–Crippen LogP) is 3.99. The van der Waals surface area contributed by atoms with Gasteiger partial charge in [-0.25, -0.2) is 9.97 Å². The SMILES string of the molecule is CCCNc1nc(C2CSCCS2)nc(CC)c1I. The standard InChI is InChI=1S/C13H20IN3S2/c1-3-5-15-13-11(14)9(4-2)16-12(17-13)10-8-18-6-7-19-10/h10H,3-8H2,1-2H3,(H,15,16,17). The van der Waals surface area contributed by atoms with Crippen molar-refractivity contribution >= 4 is 51.9 Å².